The Morgan fingerprint density at radius 2 is 1.80 bits per heavy atom. The summed E-state index contributed by atoms with van der Waals surface area (Å²) in [7, 11) is 0. The van der Waals surface area contributed by atoms with Crippen LogP contribution in [-0.4, -0.2) is 51.3 Å². The molecule has 1 N–H and O–H groups in total. The predicted molar refractivity (Wildman–Crippen MR) is 119 cm³/mol. The lowest BCUT2D eigenvalue weighted by Crippen LogP contribution is -2.45. The number of benzene rings is 1. The van der Waals surface area contributed by atoms with Crippen molar-refractivity contribution in [2.75, 3.05) is 19.6 Å². The Bertz CT molecular complexity index is 1230. The van der Waals surface area contributed by atoms with Gasteiger partial charge in [0.1, 0.15) is 5.15 Å². The number of aromatic nitrogens is 3. The maximum absolute atomic E-state index is 13.7. The summed E-state index contributed by atoms with van der Waals surface area (Å²) in [6, 6.07) is 6.02. The summed E-state index contributed by atoms with van der Waals surface area (Å²) in [5.74, 6) is -4.54. The molecule has 1 amide bonds. The average Bonchev–Trinajstić information content (AvgIpc) is 2.79. The minimum Gasteiger partial charge on any atom is -0.350 e. The van der Waals surface area contributed by atoms with Gasteiger partial charge in [0.2, 0.25) is 5.82 Å². The first-order chi connectivity index (χ1) is 16.4. The lowest BCUT2D eigenvalue weighted by molar-refractivity contribution is -0.145. The first kappa shape index (κ1) is 25.2. The number of carbonyl (C=O) groups excluding carboxylic acids is 1. The fourth-order valence-electron chi connectivity index (χ4n) is 4.14. The van der Waals surface area contributed by atoms with Crippen molar-refractivity contribution >= 4 is 28.4 Å². The van der Waals surface area contributed by atoms with E-state index in [2.05, 4.69) is 20.3 Å². The Morgan fingerprint density at radius 3 is 2.43 bits per heavy atom. The van der Waals surface area contributed by atoms with E-state index in [-0.39, 0.29) is 30.4 Å². The van der Waals surface area contributed by atoms with Crippen LogP contribution in [0, 0.1) is 6.92 Å². The summed E-state index contributed by atoms with van der Waals surface area (Å²) in [4.78, 5) is 25.9. The SMILES string of the molecule is Cc1ccc2nc(Cl)ccc2c1C(=O)NCC(c1cnc(C(F)(F)F)nc1)N1CCC(F)(F)CC1. The van der Waals surface area contributed by atoms with Gasteiger partial charge in [-0.3, -0.25) is 9.69 Å². The molecule has 3 aromatic rings. The number of alkyl halides is 5. The van der Waals surface area contributed by atoms with Gasteiger partial charge in [-0.25, -0.2) is 23.7 Å². The molecule has 3 heterocycles. The van der Waals surface area contributed by atoms with Crippen molar-refractivity contribution in [3.63, 3.8) is 0 Å². The van der Waals surface area contributed by atoms with E-state index in [4.69, 9.17) is 11.6 Å². The number of hydrogen-bond acceptors (Lipinski definition) is 5. The minimum atomic E-state index is -4.71. The second-order valence-corrected chi connectivity index (χ2v) is 8.80. The molecule has 1 unspecified atom stereocenters. The smallest absolute Gasteiger partial charge is 0.350 e. The van der Waals surface area contributed by atoms with Crippen LogP contribution in [0.4, 0.5) is 22.0 Å². The first-order valence-electron chi connectivity index (χ1n) is 10.8. The van der Waals surface area contributed by atoms with Gasteiger partial charge in [-0.05, 0) is 30.7 Å². The van der Waals surface area contributed by atoms with Gasteiger partial charge in [0, 0.05) is 55.8 Å². The van der Waals surface area contributed by atoms with Crippen LogP contribution in [0.3, 0.4) is 0 Å². The first-order valence-corrected chi connectivity index (χ1v) is 11.2. The van der Waals surface area contributed by atoms with Gasteiger partial charge in [0.15, 0.2) is 0 Å². The molecule has 2 aromatic heterocycles. The van der Waals surface area contributed by atoms with Crippen LogP contribution >= 0.6 is 11.6 Å². The number of piperidine rings is 1. The van der Waals surface area contributed by atoms with Crippen molar-refractivity contribution in [2.45, 2.75) is 37.9 Å². The topological polar surface area (TPSA) is 71.0 Å². The van der Waals surface area contributed by atoms with Crippen molar-refractivity contribution in [3.05, 3.63) is 64.3 Å². The molecule has 0 bridgehead atoms. The standard InChI is InChI=1S/C23H21ClF5N5O/c1-13-2-4-16-15(3-5-18(24)33-16)19(13)20(35)30-12-17(34-8-6-22(25,26)7-9-34)14-10-31-21(32-11-14)23(27,28)29/h2-5,10-11,17H,6-9,12H2,1H3,(H,30,35). The number of rotatable bonds is 5. The molecule has 1 aliphatic rings. The second-order valence-electron chi connectivity index (χ2n) is 8.41. The summed E-state index contributed by atoms with van der Waals surface area (Å²) in [6.45, 7) is 1.72. The summed E-state index contributed by atoms with van der Waals surface area (Å²) in [6.07, 6.45) is -3.46. The second kappa shape index (κ2) is 9.62. The van der Waals surface area contributed by atoms with Crippen molar-refractivity contribution in [2.24, 2.45) is 0 Å². The number of carbonyl (C=O) groups is 1. The summed E-state index contributed by atoms with van der Waals surface area (Å²) >= 11 is 5.95. The zero-order chi connectivity index (χ0) is 25.4. The molecule has 0 radical (unpaired) electrons. The zero-order valence-corrected chi connectivity index (χ0v) is 19.3. The van der Waals surface area contributed by atoms with E-state index in [9.17, 15) is 26.7 Å². The number of nitrogens with zero attached hydrogens (tertiary/aromatic N) is 4. The maximum Gasteiger partial charge on any atom is 0.451 e. The third kappa shape index (κ3) is 5.67. The van der Waals surface area contributed by atoms with Crippen LogP contribution in [0.5, 0.6) is 0 Å². The molecule has 186 valence electrons. The monoisotopic (exact) mass is 513 g/mol. The summed E-state index contributed by atoms with van der Waals surface area (Å²) in [5.41, 5.74) is 1.87. The van der Waals surface area contributed by atoms with Gasteiger partial charge in [-0.2, -0.15) is 13.2 Å². The van der Waals surface area contributed by atoms with Crippen molar-refractivity contribution in [1.82, 2.24) is 25.2 Å². The Kier molecular flexibility index (Phi) is 6.92. The highest BCUT2D eigenvalue weighted by molar-refractivity contribution is 6.29. The molecule has 6 nitrogen and oxygen atoms in total. The van der Waals surface area contributed by atoms with Gasteiger partial charge in [-0.1, -0.05) is 17.7 Å². The van der Waals surface area contributed by atoms with E-state index in [0.717, 1.165) is 12.4 Å². The number of likely N-dealkylation sites (tertiary alicyclic amines) is 1. The summed E-state index contributed by atoms with van der Waals surface area (Å²) in [5, 5.41) is 3.66. The number of aryl methyl sites for hydroxylation is 1. The Hall–Kier alpha value is -2.92. The van der Waals surface area contributed by atoms with Crippen LogP contribution in [0.1, 0.15) is 46.2 Å². The Balaban J connectivity index is 1.60. The fraction of sp³-hybridized carbons (Fsp3) is 0.391. The molecule has 0 spiro atoms. The number of hydrogen-bond donors (Lipinski definition) is 1. The highest BCUT2D eigenvalue weighted by Gasteiger charge is 2.38. The fourth-order valence-corrected chi connectivity index (χ4v) is 4.30. The van der Waals surface area contributed by atoms with Crippen molar-refractivity contribution in [1.29, 1.82) is 0 Å². The lowest BCUT2D eigenvalue weighted by atomic mass is 10.00. The number of amides is 1. The van der Waals surface area contributed by atoms with Gasteiger partial charge in [0.05, 0.1) is 17.1 Å². The lowest BCUT2D eigenvalue weighted by Gasteiger charge is -2.37. The van der Waals surface area contributed by atoms with Gasteiger partial charge < -0.3 is 5.32 Å². The molecule has 12 heteroatoms. The van der Waals surface area contributed by atoms with E-state index in [1.807, 2.05) is 0 Å². The van der Waals surface area contributed by atoms with Gasteiger partial charge in [0.25, 0.3) is 11.8 Å². The molecule has 1 saturated heterocycles. The quantitative estimate of drug-likeness (QED) is 0.375. The predicted octanol–water partition coefficient (Wildman–Crippen LogP) is 5.21. The van der Waals surface area contributed by atoms with Crippen LogP contribution in [0.2, 0.25) is 5.15 Å². The molecule has 1 atom stereocenters. The number of fused-ring (bicyclic) bond motifs is 1. The maximum atomic E-state index is 13.7. The molecule has 1 aromatic carbocycles. The van der Waals surface area contributed by atoms with E-state index in [1.165, 1.54) is 0 Å². The average molecular weight is 514 g/mol. The highest BCUT2D eigenvalue weighted by atomic mass is 35.5. The Morgan fingerprint density at radius 1 is 1.14 bits per heavy atom. The van der Waals surface area contributed by atoms with E-state index in [0.29, 0.717) is 22.0 Å². The van der Waals surface area contributed by atoms with Crippen molar-refractivity contribution in [3.8, 4) is 0 Å². The van der Waals surface area contributed by atoms with Crippen LogP contribution in [0.25, 0.3) is 10.9 Å². The molecular formula is C23H21ClF5N5O. The van der Waals surface area contributed by atoms with Gasteiger partial charge in [-0.15, -0.1) is 0 Å². The largest absolute Gasteiger partial charge is 0.451 e. The normalized spacial score (nSPS) is 17.3. The minimum absolute atomic E-state index is 0.00424. The number of nitrogens with one attached hydrogen (secondary N) is 1. The molecule has 1 aliphatic heterocycles. The third-order valence-corrected chi connectivity index (χ3v) is 6.22. The highest BCUT2D eigenvalue weighted by Crippen LogP contribution is 2.33. The zero-order valence-electron chi connectivity index (χ0n) is 18.5. The molecule has 0 saturated carbocycles. The number of halogens is 6. The van der Waals surface area contributed by atoms with E-state index >= 15 is 0 Å². The van der Waals surface area contributed by atoms with E-state index in [1.54, 1.807) is 36.1 Å². The van der Waals surface area contributed by atoms with Gasteiger partial charge >= 0.3 is 6.18 Å². The Labute approximate surface area is 202 Å². The van der Waals surface area contributed by atoms with Crippen LogP contribution in [0.15, 0.2) is 36.7 Å². The molecule has 0 aliphatic carbocycles. The molecular weight excluding hydrogens is 493 g/mol. The molecule has 35 heavy (non-hydrogen) atoms. The van der Waals surface area contributed by atoms with Crippen LogP contribution < -0.4 is 5.32 Å². The molecule has 1 fully saturated rings. The van der Waals surface area contributed by atoms with Crippen molar-refractivity contribution < 1.29 is 26.7 Å². The van der Waals surface area contributed by atoms with E-state index < -0.39 is 42.7 Å². The van der Waals surface area contributed by atoms with Crippen LogP contribution in [-0.2, 0) is 6.18 Å². The third-order valence-electron chi connectivity index (χ3n) is 6.01. The summed E-state index contributed by atoms with van der Waals surface area (Å²) < 4.78 is 66.2. The molecule has 4 rings (SSSR count). The number of pyridine rings is 1.